The molecular weight excluding hydrogens is 387 g/mol. The number of nitrogens with one attached hydrogen (secondary N) is 3. The molecule has 24 heavy (non-hydrogen) atoms. The normalized spacial score (nSPS) is 10.8. The summed E-state index contributed by atoms with van der Waals surface area (Å²) in [6.45, 7) is 0.561. The lowest BCUT2D eigenvalue weighted by molar-refractivity contribution is 0.873. The van der Waals surface area contributed by atoms with Crippen LogP contribution in [0.2, 0.25) is 15.1 Å². The van der Waals surface area contributed by atoms with Gasteiger partial charge in [-0.3, -0.25) is 0 Å². The molecule has 0 saturated heterocycles. The van der Waals surface area contributed by atoms with Crippen LogP contribution in [0.4, 0.5) is 5.95 Å². The zero-order chi connectivity index (χ0) is 17.1. The van der Waals surface area contributed by atoms with Gasteiger partial charge in [0.15, 0.2) is 5.11 Å². The van der Waals surface area contributed by atoms with Crippen molar-refractivity contribution in [1.82, 2.24) is 15.3 Å². The lowest BCUT2D eigenvalue weighted by atomic mass is 10.1. The highest BCUT2D eigenvalue weighted by molar-refractivity contribution is 7.80. The Balaban J connectivity index is 1.57. The molecule has 8 heteroatoms. The topological polar surface area (TPSA) is 52.7 Å². The second kappa shape index (κ2) is 7.57. The molecule has 1 heterocycles. The molecule has 0 aliphatic rings. The fourth-order valence-electron chi connectivity index (χ4n) is 2.26. The van der Waals surface area contributed by atoms with Crippen LogP contribution in [-0.4, -0.2) is 21.6 Å². The molecule has 0 unspecified atom stereocenters. The summed E-state index contributed by atoms with van der Waals surface area (Å²) in [7, 11) is 0. The number of aromatic nitrogens is 2. The van der Waals surface area contributed by atoms with Crippen molar-refractivity contribution in [3.05, 3.63) is 57.0 Å². The average molecular weight is 400 g/mol. The minimum atomic E-state index is 0.461. The van der Waals surface area contributed by atoms with Crippen molar-refractivity contribution in [3.63, 3.8) is 0 Å². The SMILES string of the molecule is S=C(NCCc1c(Cl)ccc(Cl)c1Cl)Nc1nc2ccccc2[nH]1. The zero-order valence-electron chi connectivity index (χ0n) is 12.4. The Morgan fingerprint density at radius 2 is 1.83 bits per heavy atom. The monoisotopic (exact) mass is 398 g/mol. The number of nitrogens with zero attached hydrogens (tertiary/aromatic N) is 1. The predicted octanol–water partition coefficient (Wildman–Crippen LogP) is 5.05. The van der Waals surface area contributed by atoms with Crippen LogP contribution < -0.4 is 10.6 Å². The molecular formula is C16H13Cl3N4S. The molecule has 0 aliphatic carbocycles. The van der Waals surface area contributed by atoms with Gasteiger partial charge in [0.1, 0.15) is 0 Å². The van der Waals surface area contributed by atoms with Gasteiger partial charge < -0.3 is 15.6 Å². The number of thiocarbonyl (C=S) groups is 1. The number of rotatable bonds is 4. The van der Waals surface area contributed by atoms with E-state index in [4.69, 9.17) is 47.0 Å². The molecule has 0 amide bonds. The van der Waals surface area contributed by atoms with Crippen LogP contribution in [0.3, 0.4) is 0 Å². The Hall–Kier alpha value is -1.53. The van der Waals surface area contributed by atoms with Gasteiger partial charge in [0.2, 0.25) is 5.95 Å². The third-order valence-electron chi connectivity index (χ3n) is 3.42. The Morgan fingerprint density at radius 1 is 1.08 bits per heavy atom. The number of para-hydroxylation sites is 2. The molecule has 0 bridgehead atoms. The minimum Gasteiger partial charge on any atom is -0.362 e. The summed E-state index contributed by atoms with van der Waals surface area (Å²) in [4.78, 5) is 7.56. The molecule has 3 aromatic rings. The minimum absolute atomic E-state index is 0.461. The maximum atomic E-state index is 6.18. The van der Waals surface area contributed by atoms with E-state index in [2.05, 4.69) is 20.6 Å². The second-order valence-electron chi connectivity index (χ2n) is 5.06. The number of fused-ring (bicyclic) bond motifs is 1. The Labute approximate surface area is 159 Å². The molecule has 0 spiro atoms. The van der Waals surface area contributed by atoms with Crippen molar-refractivity contribution in [3.8, 4) is 0 Å². The van der Waals surface area contributed by atoms with Crippen molar-refractivity contribution in [2.24, 2.45) is 0 Å². The number of H-pyrrole nitrogens is 1. The predicted molar refractivity (Wildman–Crippen MR) is 105 cm³/mol. The first-order chi connectivity index (χ1) is 11.5. The van der Waals surface area contributed by atoms with Gasteiger partial charge in [-0.05, 0) is 48.5 Å². The fourth-order valence-corrected chi connectivity index (χ4v) is 3.20. The van der Waals surface area contributed by atoms with E-state index in [0.717, 1.165) is 16.6 Å². The number of benzene rings is 2. The molecule has 0 saturated carbocycles. The van der Waals surface area contributed by atoms with Gasteiger partial charge in [-0.15, -0.1) is 0 Å². The summed E-state index contributed by atoms with van der Waals surface area (Å²) in [6, 6.07) is 11.2. The van der Waals surface area contributed by atoms with Gasteiger partial charge in [0, 0.05) is 11.6 Å². The molecule has 124 valence electrons. The first-order valence-corrected chi connectivity index (χ1v) is 8.71. The summed E-state index contributed by atoms with van der Waals surface area (Å²) < 4.78 is 0. The summed E-state index contributed by atoms with van der Waals surface area (Å²) in [5.41, 5.74) is 2.62. The molecule has 2 aromatic carbocycles. The molecule has 3 N–H and O–H groups in total. The lowest BCUT2D eigenvalue weighted by Crippen LogP contribution is -2.30. The van der Waals surface area contributed by atoms with E-state index in [-0.39, 0.29) is 0 Å². The molecule has 0 radical (unpaired) electrons. The van der Waals surface area contributed by atoms with E-state index in [0.29, 0.717) is 39.1 Å². The lowest BCUT2D eigenvalue weighted by Gasteiger charge is -2.11. The highest BCUT2D eigenvalue weighted by Gasteiger charge is 2.10. The molecule has 4 nitrogen and oxygen atoms in total. The first kappa shape index (κ1) is 17.3. The van der Waals surface area contributed by atoms with Crippen molar-refractivity contribution >= 4 is 69.1 Å². The number of hydrogen-bond acceptors (Lipinski definition) is 2. The van der Waals surface area contributed by atoms with Crippen LogP contribution in [0.5, 0.6) is 0 Å². The highest BCUT2D eigenvalue weighted by Crippen LogP contribution is 2.31. The second-order valence-corrected chi connectivity index (χ2v) is 6.66. The number of hydrogen-bond donors (Lipinski definition) is 3. The molecule has 0 aliphatic heterocycles. The summed E-state index contributed by atoms with van der Waals surface area (Å²) in [5, 5.41) is 8.12. The number of imidazole rings is 1. The van der Waals surface area contributed by atoms with Crippen LogP contribution in [0, 0.1) is 0 Å². The quantitative estimate of drug-likeness (QED) is 0.424. The number of aromatic amines is 1. The fraction of sp³-hybridized carbons (Fsp3) is 0.125. The van der Waals surface area contributed by atoms with Crippen LogP contribution in [0.25, 0.3) is 11.0 Å². The third kappa shape index (κ3) is 3.92. The Kier molecular flexibility index (Phi) is 5.46. The van der Waals surface area contributed by atoms with Crippen LogP contribution in [-0.2, 0) is 6.42 Å². The molecule has 1 aromatic heterocycles. The van der Waals surface area contributed by atoms with Crippen LogP contribution in [0.15, 0.2) is 36.4 Å². The molecule has 0 atom stereocenters. The van der Waals surface area contributed by atoms with Gasteiger partial charge in [0.25, 0.3) is 0 Å². The van der Waals surface area contributed by atoms with E-state index in [1.165, 1.54) is 0 Å². The maximum absolute atomic E-state index is 6.18. The van der Waals surface area contributed by atoms with Crippen molar-refractivity contribution in [1.29, 1.82) is 0 Å². The van der Waals surface area contributed by atoms with Crippen molar-refractivity contribution < 1.29 is 0 Å². The van der Waals surface area contributed by atoms with Gasteiger partial charge in [-0.1, -0.05) is 46.9 Å². The highest BCUT2D eigenvalue weighted by atomic mass is 35.5. The third-order valence-corrected chi connectivity index (χ3v) is 4.86. The van der Waals surface area contributed by atoms with Gasteiger partial charge in [-0.25, -0.2) is 4.98 Å². The van der Waals surface area contributed by atoms with E-state index in [9.17, 15) is 0 Å². The molecule has 3 rings (SSSR count). The first-order valence-electron chi connectivity index (χ1n) is 7.16. The zero-order valence-corrected chi connectivity index (χ0v) is 15.5. The van der Waals surface area contributed by atoms with E-state index >= 15 is 0 Å². The standard InChI is InChI=1S/C16H13Cl3N4S/c17-10-5-6-11(18)14(19)9(10)7-8-20-16(24)23-15-21-12-3-1-2-4-13(12)22-15/h1-6H,7-8H2,(H3,20,21,22,23,24). The van der Waals surface area contributed by atoms with E-state index < -0.39 is 0 Å². The van der Waals surface area contributed by atoms with Crippen molar-refractivity contribution in [2.45, 2.75) is 6.42 Å². The number of anilines is 1. The van der Waals surface area contributed by atoms with E-state index in [1.54, 1.807) is 12.1 Å². The maximum Gasteiger partial charge on any atom is 0.207 e. The Morgan fingerprint density at radius 3 is 2.62 bits per heavy atom. The largest absolute Gasteiger partial charge is 0.362 e. The van der Waals surface area contributed by atoms with Crippen molar-refractivity contribution in [2.75, 3.05) is 11.9 Å². The van der Waals surface area contributed by atoms with Crippen LogP contribution >= 0.6 is 47.0 Å². The summed E-state index contributed by atoms with van der Waals surface area (Å²) >= 11 is 23.6. The smallest absolute Gasteiger partial charge is 0.207 e. The summed E-state index contributed by atoms with van der Waals surface area (Å²) in [5.74, 6) is 0.590. The summed E-state index contributed by atoms with van der Waals surface area (Å²) in [6.07, 6.45) is 0.597. The molecule has 0 fully saturated rings. The van der Waals surface area contributed by atoms with E-state index in [1.807, 2.05) is 24.3 Å². The van der Waals surface area contributed by atoms with Gasteiger partial charge in [-0.2, -0.15) is 0 Å². The average Bonchev–Trinajstić information content (AvgIpc) is 2.96. The number of halogens is 3. The van der Waals surface area contributed by atoms with Crippen LogP contribution in [0.1, 0.15) is 5.56 Å². The Bertz CT molecular complexity index is 861. The van der Waals surface area contributed by atoms with Gasteiger partial charge in [0.05, 0.1) is 21.1 Å². The van der Waals surface area contributed by atoms with Gasteiger partial charge >= 0.3 is 0 Å².